The third kappa shape index (κ3) is 5.31. The van der Waals surface area contributed by atoms with Gasteiger partial charge >= 0.3 is 0 Å². The highest BCUT2D eigenvalue weighted by Crippen LogP contribution is 2.29. The van der Waals surface area contributed by atoms with Crippen molar-refractivity contribution in [2.24, 2.45) is 0 Å². The van der Waals surface area contributed by atoms with Crippen LogP contribution in [0.4, 0.5) is 0 Å². The van der Waals surface area contributed by atoms with Gasteiger partial charge < -0.3 is 0 Å². The molecular formula is C37H25N5. The van der Waals surface area contributed by atoms with E-state index in [1.165, 1.54) is 0 Å². The van der Waals surface area contributed by atoms with Crippen molar-refractivity contribution in [3.63, 3.8) is 0 Å². The smallest absolute Gasteiger partial charge is 0.164 e. The molecule has 5 heteroatoms. The van der Waals surface area contributed by atoms with Crippen LogP contribution in [0.1, 0.15) is 0 Å². The summed E-state index contributed by atoms with van der Waals surface area (Å²) >= 11 is 0. The number of benzene rings is 4. The highest BCUT2D eigenvalue weighted by atomic mass is 15.0. The molecule has 3 heterocycles. The van der Waals surface area contributed by atoms with Gasteiger partial charge in [0.15, 0.2) is 17.5 Å². The van der Waals surface area contributed by atoms with Crippen LogP contribution < -0.4 is 0 Å². The molecule has 0 unspecified atom stereocenters. The second kappa shape index (κ2) is 11.4. The molecule has 7 aromatic rings. The predicted octanol–water partition coefficient (Wildman–Crippen LogP) is 8.66. The summed E-state index contributed by atoms with van der Waals surface area (Å²) in [5, 5.41) is 0. The Bertz CT molecular complexity index is 1860. The van der Waals surface area contributed by atoms with Gasteiger partial charge in [0.05, 0.1) is 5.69 Å². The molecule has 0 bridgehead atoms. The first-order valence-corrected chi connectivity index (χ1v) is 13.7. The molecule has 0 saturated carbocycles. The molecule has 0 radical (unpaired) electrons. The Morgan fingerprint density at radius 1 is 0.310 bits per heavy atom. The van der Waals surface area contributed by atoms with Crippen molar-refractivity contribution >= 4 is 0 Å². The highest BCUT2D eigenvalue weighted by molar-refractivity contribution is 5.73. The lowest BCUT2D eigenvalue weighted by atomic mass is 10.00. The number of hydrogen-bond donors (Lipinski definition) is 0. The van der Waals surface area contributed by atoms with Crippen LogP contribution in [-0.4, -0.2) is 24.9 Å². The SMILES string of the molecule is c1ccc(-c2nc(-c3ccccc3)nc(-c3ccc(-c4ccc(-c5ccc(-c6cccnc6)nc5)cc4)cc3)n2)cc1. The summed E-state index contributed by atoms with van der Waals surface area (Å²) in [5.74, 6) is 1.95. The van der Waals surface area contributed by atoms with Gasteiger partial charge in [-0.25, -0.2) is 15.0 Å². The van der Waals surface area contributed by atoms with E-state index >= 15 is 0 Å². The number of nitrogens with zero attached hydrogens (tertiary/aromatic N) is 5. The van der Waals surface area contributed by atoms with Crippen LogP contribution in [0.2, 0.25) is 0 Å². The van der Waals surface area contributed by atoms with E-state index < -0.39 is 0 Å². The molecule has 4 aromatic carbocycles. The maximum absolute atomic E-state index is 4.84. The van der Waals surface area contributed by atoms with Crippen molar-refractivity contribution in [3.8, 4) is 67.7 Å². The molecule has 5 nitrogen and oxygen atoms in total. The summed E-state index contributed by atoms with van der Waals surface area (Å²) in [6, 6.07) is 45.0. The zero-order valence-corrected chi connectivity index (χ0v) is 22.7. The maximum atomic E-state index is 4.84. The summed E-state index contributed by atoms with van der Waals surface area (Å²) in [6.45, 7) is 0. The van der Waals surface area contributed by atoms with Crippen LogP contribution in [-0.2, 0) is 0 Å². The van der Waals surface area contributed by atoms with E-state index in [2.05, 4.69) is 64.6 Å². The molecular weight excluding hydrogens is 514 g/mol. The monoisotopic (exact) mass is 539 g/mol. The minimum Gasteiger partial charge on any atom is -0.264 e. The van der Waals surface area contributed by atoms with E-state index in [0.29, 0.717) is 17.5 Å². The predicted molar refractivity (Wildman–Crippen MR) is 168 cm³/mol. The Kier molecular flexibility index (Phi) is 6.81. The summed E-state index contributed by atoms with van der Waals surface area (Å²) in [4.78, 5) is 23.3. The molecule has 0 fully saturated rings. The Balaban J connectivity index is 1.15. The molecule has 0 saturated heterocycles. The molecule has 0 aliphatic carbocycles. The molecule has 0 aliphatic rings. The van der Waals surface area contributed by atoms with Crippen molar-refractivity contribution in [1.82, 2.24) is 24.9 Å². The van der Waals surface area contributed by atoms with Crippen molar-refractivity contribution < 1.29 is 0 Å². The minimum absolute atomic E-state index is 0.645. The van der Waals surface area contributed by atoms with Crippen molar-refractivity contribution in [3.05, 3.63) is 152 Å². The van der Waals surface area contributed by atoms with E-state index in [4.69, 9.17) is 15.0 Å². The minimum atomic E-state index is 0.645. The second-order valence-electron chi connectivity index (χ2n) is 9.87. The second-order valence-corrected chi connectivity index (χ2v) is 9.87. The fourth-order valence-electron chi connectivity index (χ4n) is 4.85. The van der Waals surface area contributed by atoms with Crippen molar-refractivity contribution in [1.29, 1.82) is 0 Å². The van der Waals surface area contributed by atoms with Gasteiger partial charge in [0, 0.05) is 46.4 Å². The number of hydrogen-bond acceptors (Lipinski definition) is 5. The topological polar surface area (TPSA) is 64.5 Å². The van der Waals surface area contributed by atoms with Gasteiger partial charge in [-0.3, -0.25) is 9.97 Å². The molecule has 3 aromatic heterocycles. The van der Waals surface area contributed by atoms with Gasteiger partial charge in [-0.1, -0.05) is 115 Å². The Hall–Kier alpha value is -5.81. The summed E-state index contributed by atoms with van der Waals surface area (Å²) in [7, 11) is 0. The third-order valence-corrected chi connectivity index (χ3v) is 7.11. The van der Waals surface area contributed by atoms with Crippen LogP contribution in [0.25, 0.3) is 67.7 Å². The van der Waals surface area contributed by atoms with E-state index in [-0.39, 0.29) is 0 Å². The zero-order valence-electron chi connectivity index (χ0n) is 22.7. The summed E-state index contributed by atoms with van der Waals surface area (Å²) in [6.07, 6.45) is 5.50. The van der Waals surface area contributed by atoms with E-state index in [1.54, 1.807) is 6.20 Å². The van der Waals surface area contributed by atoms with Gasteiger partial charge in [-0.2, -0.15) is 0 Å². The third-order valence-electron chi connectivity index (χ3n) is 7.11. The molecule has 0 spiro atoms. The number of pyridine rings is 2. The van der Waals surface area contributed by atoms with E-state index in [0.717, 1.165) is 50.2 Å². The molecule has 0 N–H and O–H groups in total. The quantitative estimate of drug-likeness (QED) is 0.212. The van der Waals surface area contributed by atoms with Gasteiger partial charge in [0.2, 0.25) is 0 Å². The average molecular weight is 540 g/mol. The zero-order chi connectivity index (χ0) is 28.1. The Morgan fingerprint density at radius 3 is 1.19 bits per heavy atom. The average Bonchev–Trinajstić information content (AvgIpc) is 3.09. The highest BCUT2D eigenvalue weighted by Gasteiger charge is 2.12. The summed E-state index contributed by atoms with van der Waals surface area (Å²) < 4.78 is 0. The first kappa shape index (κ1) is 25.2. The normalized spacial score (nSPS) is 10.9. The van der Waals surface area contributed by atoms with Gasteiger partial charge in [0.1, 0.15) is 0 Å². The van der Waals surface area contributed by atoms with Crippen LogP contribution in [0, 0.1) is 0 Å². The molecule has 7 rings (SSSR count). The first-order chi connectivity index (χ1) is 20.8. The van der Waals surface area contributed by atoms with Crippen LogP contribution in [0.5, 0.6) is 0 Å². The molecule has 0 amide bonds. The van der Waals surface area contributed by atoms with Crippen LogP contribution in [0.15, 0.2) is 152 Å². The molecule has 0 aliphatic heterocycles. The lowest BCUT2D eigenvalue weighted by molar-refractivity contribution is 1.07. The fourth-order valence-corrected chi connectivity index (χ4v) is 4.85. The Morgan fingerprint density at radius 2 is 0.738 bits per heavy atom. The summed E-state index contributed by atoms with van der Waals surface area (Å²) in [5.41, 5.74) is 9.21. The lowest BCUT2D eigenvalue weighted by Gasteiger charge is -2.09. The largest absolute Gasteiger partial charge is 0.264 e. The lowest BCUT2D eigenvalue weighted by Crippen LogP contribution is -2.00. The van der Waals surface area contributed by atoms with Crippen molar-refractivity contribution in [2.45, 2.75) is 0 Å². The van der Waals surface area contributed by atoms with Crippen molar-refractivity contribution in [2.75, 3.05) is 0 Å². The maximum Gasteiger partial charge on any atom is 0.164 e. The fraction of sp³-hybridized carbons (Fsp3) is 0. The molecule has 198 valence electrons. The Labute approximate surface area is 244 Å². The van der Waals surface area contributed by atoms with Gasteiger partial charge in [-0.15, -0.1) is 0 Å². The first-order valence-electron chi connectivity index (χ1n) is 13.7. The van der Waals surface area contributed by atoms with Crippen LogP contribution in [0.3, 0.4) is 0 Å². The number of rotatable bonds is 6. The molecule has 0 atom stereocenters. The van der Waals surface area contributed by atoms with E-state index in [9.17, 15) is 0 Å². The number of aromatic nitrogens is 5. The van der Waals surface area contributed by atoms with Gasteiger partial charge in [-0.05, 0) is 34.9 Å². The van der Waals surface area contributed by atoms with Gasteiger partial charge in [0.25, 0.3) is 0 Å². The molecule has 42 heavy (non-hydrogen) atoms. The van der Waals surface area contributed by atoms with Crippen LogP contribution >= 0.6 is 0 Å². The van der Waals surface area contributed by atoms with E-state index in [1.807, 2.05) is 91.3 Å². The standard InChI is InChI=1S/C37H25N5/c1-3-8-29(9-4-1)35-40-36(30-10-5-2-6-11-30)42-37(41-35)31-19-17-27(18-20-31)26-13-15-28(16-14-26)32-21-22-34(39-25-32)33-12-7-23-38-24-33/h1-25H.